The van der Waals surface area contributed by atoms with Gasteiger partial charge in [0, 0.05) is 24.2 Å². The molecule has 0 saturated carbocycles. The fraction of sp³-hybridized carbons (Fsp3) is 0.583. The van der Waals surface area contributed by atoms with Gasteiger partial charge in [-0.1, -0.05) is 18.5 Å². The molecule has 16 heavy (non-hydrogen) atoms. The highest BCUT2D eigenvalue weighted by molar-refractivity contribution is 6.29. The molecule has 1 aromatic heterocycles. The molecule has 2 heterocycles. The van der Waals surface area contributed by atoms with Crippen molar-refractivity contribution < 1.29 is 4.74 Å². The number of nitrogens with zero attached hydrogens (tertiary/aromatic N) is 1. The van der Waals surface area contributed by atoms with Gasteiger partial charge in [-0.25, -0.2) is 4.98 Å². The molecule has 1 unspecified atom stereocenters. The van der Waals surface area contributed by atoms with Gasteiger partial charge in [0.05, 0.1) is 13.2 Å². The van der Waals surface area contributed by atoms with E-state index < -0.39 is 0 Å². The molecule has 3 nitrogen and oxygen atoms in total. The number of hydrogen-bond donors (Lipinski definition) is 1. The van der Waals surface area contributed by atoms with Crippen molar-refractivity contribution in [2.75, 3.05) is 19.8 Å². The zero-order valence-corrected chi connectivity index (χ0v) is 10.4. The Kier molecular flexibility index (Phi) is 3.47. The van der Waals surface area contributed by atoms with Crippen molar-refractivity contribution in [3.63, 3.8) is 0 Å². The zero-order valence-electron chi connectivity index (χ0n) is 9.66. The van der Waals surface area contributed by atoms with Crippen LogP contribution in [0.15, 0.2) is 18.3 Å². The maximum absolute atomic E-state index is 5.86. The van der Waals surface area contributed by atoms with Crippen molar-refractivity contribution in [1.29, 1.82) is 0 Å². The third-order valence-electron chi connectivity index (χ3n) is 2.99. The summed E-state index contributed by atoms with van der Waals surface area (Å²) in [5.74, 6) is 0. The largest absolute Gasteiger partial charge is 0.380 e. The molecule has 0 aliphatic carbocycles. The second-order valence-electron chi connectivity index (χ2n) is 4.82. The quantitative estimate of drug-likeness (QED) is 0.821. The van der Waals surface area contributed by atoms with Crippen LogP contribution in [-0.2, 0) is 4.74 Å². The highest BCUT2D eigenvalue weighted by Crippen LogP contribution is 2.26. The van der Waals surface area contributed by atoms with E-state index in [1.165, 1.54) is 5.56 Å². The van der Waals surface area contributed by atoms with Crippen molar-refractivity contribution in [3.8, 4) is 0 Å². The summed E-state index contributed by atoms with van der Waals surface area (Å²) in [7, 11) is 0. The van der Waals surface area contributed by atoms with Gasteiger partial charge in [-0.15, -0.1) is 0 Å². The molecule has 0 radical (unpaired) electrons. The first-order valence-electron chi connectivity index (χ1n) is 5.52. The molecule has 88 valence electrons. The van der Waals surface area contributed by atoms with E-state index in [2.05, 4.69) is 24.1 Å². The lowest BCUT2D eigenvalue weighted by Gasteiger charge is -2.39. The summed E-state index contributed by atoms with van der Waals surface area (Å²) < 4.78 is 5.22. The van der Waals surface area contributed by atoms with Gasteiger partial charge in [-0.3, -0.25) is 0 Å². The van der Waals surface area contributed by atoms with Gasteiger partial charge in [-0.05, 0) is 24.6 Å². The minimum atomic E-state index is 0.290. The van der Waals surface area contributed by atoms with Crippen molar-refractivity contribution in [2.45, 2.75) is 19.9 Å². The number of hydrogen-bond acceptors (Lipinski definition) is 3. The molecule has 0 spiro atoms. The van der Waals surface area contributed by atoms with Crippen LogP contribution in [0.3, 0.4) is 0 Å². The summed E-state index contributed by atoms with van der Waals surface area (Å²) in [6.07, 6.45) is 1.74. The van der Waals surface area contributed by atoms with Crippen LogP contribution in [0.4, 0.5) is 0 Å². The Balaban J connectivity index is 1.90. The minimum Gasteiger partial charge on any atom is -0.380 e. The predicted octanol–water partition coefficient (Wildman–Crippen LogP) is 2.42. The first-order valence-corrected chi connectivity index (χ1v) is 5.89. The van der Waals surface area contributed by atoms with E-state index in [4.69, 9.17) is 16.3 Å². The molecule has 1 atom stereocenters. The van der Waals surface area contributed by atoms with Gasteiger partial charge in [0.2, 0.25) is 0 Å². The number of halogens is 1. The predicted molar refractivity (Wildman–Crippen MR) is 64.6 cm³/mol. The van der Waals surface area contributed by atoms with Crippen molar-refractivity contribution in [1.82, 2.24) is 10.3 Å². The lowest BCUT2D eigenvalue weighted by atomic mass is 9.88. The maximum Gasteiger partial charge on any atom is 0.129 e. The van der Waals surface area contributed by atoms with E-state index >= 15 is 0 Å². The highest BCUT2D eigenvalue weighted by atomic mass is 35.5. The number of nitrogens with one attached hydrogen (secondary N) is 1. The Morgan fingerprint density at radius 2 is 2.38 bits per heavy atom. The van der Waals surface area contributed by atoms with E-state index in [9.17, 15) is 0 Å². The summed E-state index contributed by atoms with van der Waals surface area (Å²) >= 11 is 5.86. The molecule has 0 bridgehead atoms. The van der Waals surface area contributed by atoms with Gasteiger partial charge in [0.25, 0.3) is 0 Å². The molecule has 4 heteroatoms. The van der Waals surface area contributed by atoms with E-state index in [-0.39, 0.29) is 6.04 Å². The Morgan fingerprint density at radius 1 is 1.62 bits per heavy atom. The molecule has 0 aromatic carbocycles. The maximum atomic E-state index is 5.86. The zero-order chi connectivity index (χ0) is 11.6. The van der Waals surface area contributed by atoms with Crippen LogP contribution in [0, 0.1) is 5.41 Å². The molecule has 1 N–H and O–H groups in total. The molecule has 1 aliphatic heterocycles. The van der Waals surface area contributed by atoms with Gasteiger partial charge < -0.3 is 10.1 Å². The highest BCUT2D eigenvalue weighted by Gasteiger charge is 2.33. The van der Waals surface area contributed by atoms with Crippen molar-refractivity contribution in [2.24, 2.45) is 5.41 Å². The molecule has 0 amide bonds. The summed E-state index contributed by atoms with van der Waals surface area (Å²) in [6.45, 7) is 7.03. The smallest absolute Gasteiger partial charge is 0.129 e. The van der Waals surface area contributed by atoms with Crippen LogP contribution in [0.25, 0.3) is 0 Å². The van der Waals surface area contributed by atoms with Gasteiger partial charge in [-0.2, -0.15) is 0 Å². The monoisotopic (exact) mass is 240 g/mol. The van der Waals surface area contributed by atoms with Crippen LogP contribution in [0.1, 0.15) is 25.5 Å². The topological polar surface area (TPSA) is 34.1 Å². The molecule has 1 fully saturated rings. The second-order valence-corrected chi connectivity index (χ2v) is 5.21. The third kappa shape index (κ3) is 2.73. The Morgan fingerprint density at radius 3 is 2.94 bits per heavy atom. The molecular formula is C12H17ClN2O. The number of ether oxygens (including phenoxy) is 1. The summed E-state index contributed by atoms with van der Waals surface area (Å²) in [5.41, 5.74) is 1.47. The van der Waals surface area contributed by atoms with Gasteiger partial charge in [0.15, 0.2) is 0 Å². The standard InChI is InChI=1S/C12H17ClN2O/c1-9(10-3-4-14-11(13)5-10)15-6-12(2)7-16-8-12/h3-5,9,15H,6-8H2,1-2H3. The number of rotatable bonds is 4. The van der Waals surface area contributed by atoms with Crippen LogP contribution in [0.2, 0.25) is 5.15 Å². The van der Waals surface area contributed by atoms with Crippen LogP contribution in [-0.4, -0.2) is 24.7 Å². The van der Waals surface area contributed by atoms with E-state index in [0.717, 1.165) is 19.8 Å². The van der Waals surface area contributed by atoms with Crippen molar-refractivity contribution >= 4 is 11.6 Å². The SMILES string of the molecule is CC(NCC1(C)COC1)c1ccnc(Cl)c1. The van der Waals surface area contributed by atoms with E-state index in [1.54, 1.807) is 6.20 Å². The summed E-state index contributed by atoms with van der Waals surface area (Å²) in [4.78, 5) is 3.98. The van der Waals surface area contributed by atoms with Crippen LogP contribution < -0.4 is 5.32 Å². The van der Waals surface area contributed by atoms with Gasteiger partial charge in [0.1, 0.15) is 5.15 Å². The first kappa shape index (κ1) is 11.8. The minimum absolute atomic E-state index is 0.290. The fourth-order valence-corrected chi connectivity index (χ4v) is 1.94. The van der Waals surface area contributed by atoms with E-state index in [1.807, 2.05) is 12.1 Å². The molecule has 2 rings (SSSR count). The lowest BCUT2D eigenvalue weighted by Crippen LogP contribution is -2.47. The summed E-state index contributed by atoms with van der Waals surface area (Å²) in [6, 6.07) is 4.18. The Hall–Kier alpha value is -0.640. The number of pyridine rings is 1. The second kappa shape index (κ2) is 4.70. The third-order valence-corrected chi connectivity index (χ3v) is 3.19. The first-order chi connectivity index (χ1) is 7.59. The van der Waals surface area contributed by atoms with E-state index in [0.29, 0.717) is 10.6 Å². The van der Waals surface area contributed by atoms with Crippen LogP contribution >= 0.6 is 11.6 Å². The van der Waals surface area contributed by atoms with Crippen LogP contribution in [0.5, 0.6) is 0 Å². The normalized spacial score (nSPS) is 20.2. The fourth-order valence-electron chi connectivity index (χ4n) is 1.76. The van der Waals surface area contributed by atoms with Gasteiger partial charge >= 0.3 is 0 Å². The Labute approximate surface area is 101 Å². The van der Waals surface area contributed by atoms with Crippen molar-refractivity contribution in [3.05, 3.63) is 29.0 Å². The molecule has 1 saturated heterocycles. The molecule has 1 aliphatic rings. The average Bonchev–Trinajstić information content (AvgIpc) is 2.23. The lowest BCUT2D eigenvalue weighted by molar-refractivity contribution is -0.0999. The Bertz CT molecular complexity index is 366. The number of aromatic nitrogens is 1. The molecular weight excluding hydrogens is 224 g/mol. The molecule has 1 aromatic rings. The summed E-state index contributed by atoms with van der Waals surface area (Å²) in [5, 5.41) is 4.05. The average molecular weight is 241 g/mol.